The molecule has 2 aliphatic heterocycles. The molecule has 1 saturated carbocycles. The first kappa shape index (κ1) is 18.1. The Morgan fingerprint density at radius 2 is 2.04 bits per heavy atom. The summed E-state index contributed by atoms with van der Waals surface area (Å²) in [6.45, 7) is 1.44. The van der Waals surface area contributed by atoms with Crippen molar-refractivity contribution < 1.29 is 14.4 Å². The topological polar surface area (TPSA) is 63.2 Å². The van der Waals surface area contributed by atoms with Gasteiger partial charge in [0.05, 0.1) is 12.8 Å². The number of likely N-dealkylation sites (tertiary alicyclic amines) is 1. The standard InChI is InChI=1S/C21H29N3O3/c1-26-18-9-5-6-16(14-18)19-15-21(27-23-19)10-12-24(13-11-21)20(25)22-17-7-3-2-4-8-17/h5-6,9,14,17H,2-4,7-8,10-13,15H2,1H3,(H,22,25). The minimum Gasteiger partial charge on any atom is -0.497 e. The van der Waals surface area contributed by atoms with Crippen molar-refractivity contribution >= 4 is 11.7 Å². The fraction of sp³-hybridized carbons (Fsp3) is 0.619. The van der Waals surface area contributed by atoms with Crippen LogP contribution in [0.1, 0.15) is 56.9 Å². The summed E-state index contributed by atoms with van der Waals surface area (Å²) < 4.78 is 5.31. The van der Waals surface area contributed by atoms with Crippen molar-refractivity contribution in [3.63, 3.8) is 0 Å². The molecule has 1 aromatic rings. The van der Waals surface area contributed by atoms with Crippen LogP contribution >= 0.6 is 0 Å². The molecule has 27 heavy (non-hydrogen) atoms. The van der Waals surface area contributed by atoms with E-state index in [1.807, 2.05) is 29.2 Å². The number of methoxy groups -OCH3 is 1. The number of carbonyl (C=O) groups excluding carboxylic acids is 1. The first-order valence-corrected chi connectivity index (χ1v) is 10.1. The number of piperidine rings is 1. The van der Waals surface area contributed by atoms with Crippen molar-refractivity contribution in [2.24, 2.45) is 5.16 Å². The predicted molar refractivity (Wildman–Crippen MR) is 104 cm³/mol. The summed E-state index contributed by atoms with van der Waals surface area (Å²) in [7, 11) is 1.67. The normalized spacial score (nSPS) is 22.3. The number of carbonyl (C=O) groups is 1. The number of urea groups is 1. The molecule has 2 heterocycles. The molecular formula is C21H29N3O3. The van der Waals surface area contributed by atoms with Gasteiger partial charge >= 0.3 is 6.03 Å². The monoisotopic (exact) mass is 371 g/mol. The summed E-state index contributed by atoms with van der Waals surface area (Å²) >= 11 is 0. The third-order valence-electron chi connectivity index (χ3n) is 6.14. The number of rotatable bonds is 3. The van der Waals surface area contributed by atoms with Gasteiger partial charge in [0.15, 0.2) is 0 Å². The second-order valence-corrected chi connectivity index (χ2v) is 7.99. The van der Waals surface area contributed by atoms with E-state index in [0.29, 0.717) is 6.04 Å². The van der Waals surface area contributed by atoms with E-state index >= 15 is 0 Å². The second kappa shape index (κ2) is 7.79. The first-order valence-electron chi connectivity index (χ1n) is 10.1. The molecule has 3 aliphatic rings. The van der Waals surface area contributed by atoms with Gasteiger partial charge in [0.25, 0.3) is 0 Å². The first-order chi connectivity index (χ1) is 13.2. The van der Waals surface area contributed by atoms with Crippen LogP contribution in [-0.2, 0) is 4.84 Å². The number of nitrogens with zero attached hydrogens (tertiary/aromatic N) is 2. The summed E-state index contributed by atoms with van der Waals surface area (Å²) in [5.41, 5.74) is 1.75. The number of amides is 2. The number of oxime groups is 1. The second-order valence-electron chi connectivity index (χ2n) is 7.99. The highest BCUT2D eigenvalue weighted by Crippen LogP contribution is 2.36. The highest BCUT2D eigenvalue weighted by atomic mass is 16.7. The van der Waals surface area contributed by atoms with E-state index in [1.165, 1.54) is 19.3 Å². The summed E-state index contributed by atoms with van der Waals surface area (Å²) in [6.07, 6.45) is 8.42. The van der Waals surface area contributed by atoms with Gasteiger partial charge in [-0.3, -0.25) is 0 Å². The number of nitrogens with one attached hydrogen (secondary N) is 1. The zero-order valence-electron chi connectivity index (χ0n) is 16.1. The molecule has 1 N–H and O–H groups in total. The number of hydrogen-bond acceptors (Lipinski definition) is 4. The maximum absolute atomic E-state index is 12.6. The van der Waals surface area contributed by atoms with Crippen LogP contribution in [0.2, 0.25) is 0 Å². The quantitative estimate of drug-likeness (QED) is 0.881. The zero-order chi connectivity index (χ0) is 18.7. The summed E-state index contributed by atoms with van der Waals surface area (Å²) in [4.78, 5) is 20.4. The molecule has 1 saturated heterocycles. The number of hydrogen-bond donors (Lipinski definition) is 1. The van der Waals surface area contributed by atoms with E-state index in [9.17, 15) is 4.79 Å². The predicted octanol–water partition coefficient (Wildman–Crippen LogP) is 3.70. The molecule has 0 atom stereocenters. The SMILES string of the molecule is COc1cccc(C2=NOC3(CCN(C(=O)NC4CCCCC4)CC3)C2)c1. The Morgan fingerprint density at radius 1 is 1.26 bits per heavy atom. The Balaban J connectivity index is 1.31. The van der Waals surface area contributed by atoms with Crippen LogP contribution in [0, 0.1) is 0 Å². The minimum atomic E-state index is -0.264. The molecule has 0 unspecified atom stereocenters. The van der Waals surface area contributed by atoms with Crippen molar-refractivity contribution in [3.8, 4) is 5.75 Å². The summed E-state index contributed by atoms with van der Waals surface area (Å²) in [6, 6.07) is 8.38. The van der Waals surface area contributed by atoms with E-state index in [4.69, 9.17) is 9.57 Å². The van der Waals surface area contributed by atoms with E-state index in [0.717, 1.165) is 62.2 Å². The molecule has 6 nitrogen and oxygen atoms in total. The van der Waals surface area contributed by atoms with Gasteiger partial charge in [-0.2, -0.15) is 0 Å². The van der Waals surface area contributed by atoms with E-state index in [-0.39, 0.29) is 11.6 Å². The lowest BCUT2D eigenvalue weighted by Crippen LogP contribution is -2.52. The van der Waals surface area contributed by atoms with Crippen molar-refractivity contribution in [1.29, 1.82) is 0 Å². The highest BCUT2D eigenvalue weighted by Gasteiger charge is 2.43. The van der Waals surface area contributed by atoms with E-state index in [2.05, 4.69) is 10.5 Å². The number of benzene rings is 1. The molecule has 1 aliphatic carbocycles. The minimum absolute atomic E-state index is 0.0867. The molecule has 1 spiro atoms. The van der Waals surface area contributed by atoms with Crippen molar-refractivity contribution in [2.75, 3.05) is 20.2 Å². The van der Waals surface area contributed by atoms with Crippen molar-refractivity contribution in [2.45, 2.75) is 63.0 Å². The highest BCUT2D eigenvalue weighted by molar-refractivity contribution is 6.02. The van der Waals surface area contributed by atoms with Crippen molar-refractivity contribution in [3.05, 3.63) is 29.8 Å². The Labute approximate surface area is 160 Å². The average molecular weight is 371 g/mol. The van der Waals surface area contributed by atoms with Crippen molar-refractivity contribution in [1.82, 2.24) is 10.2 Å². The molecule has 4 rings (SSSR count). The smallest absolute Gasteiger partial charge is 0.317 e. The van der Waals surface area contributed by atoms with Gasteiger partial charge in [-0.15, -0.1) is 0 Å². The fourth-order valence-electron chi connectivity index (χ4n) is 4.38. The van der Waals surface area contributed by atoms with Crippen LogP contribution in [0.3, 0.4) is 0 Å². The van der Waals surface area contributed by atoms with Gasteiger partial charge in [-0.25, -0.2) is 4.79 Å². The maximum Gasteiger partial charge on any atom is 0.317 e. The molecule has 2 fully saturated rings. The third-order valence-corrected chi connectivity index (χ3v) is 6.14. The Morgan fingerprint density at radius 3 is 2.78 bits per heavy atom. The van der Waals surface area contributed by atoms with Gasteiger partial charge in [-0.1, -0.05) is 36.6 Å². The van der Waals surface area contributed by atoms with Gasteiger partial charge in [0.1, 0.15) is 11.4 Å². The lowest BCUT2D eigenvalue weighted by Gasteiger charge is -2.38. The maximum atomic E-state index is 12.6. The molecular weight excluding hydrogens is 342 g/mol. The zero-order valence-corrected chi connectivity index (χ0v) is 16.1. The van der Waals surface area contributed by atoms with Crippen LogP contribution in [0.4, 0.5) is 4.79 Å². The average Bonchev–Trinajstić information content (AvgIpc) is 3.13. The molecule has 0 radical (unpaired) electrons. The van der Waals surface area contributed by atoms with Crippen LogP contribution < -0.4 is 10.1 Å². The van der Waals surface area contributed by atoms with Crippen LogP contribution in [-0.4, -0.2) is 48.5 Å². The molecule has 1 aromatic carbocycles. The Kier molecular flexibility index (Phi) is 5.23. The largest absolute Gasteiger partial charge is 0.497 e. The Bertz CT molecular complexity index is 704. The van der Waals surface area contributed by atoms with Crippen LogP contribution in [0.15, 0.2) is 29.4 Å². The Hall–Kier alpha value is -2.24. The fourth-order valence-corrected chi connectivity index (χ4v) is 4.38. The lowest BCUT2D eigenvalue weighted by molar-refractivity contribution is -0.0551. The van der Waals surface area contributed by atoms with Gasteiger partial charge in [0.2, 0.25) is 0 Å². The number of ether oxygens (including phenoxy) is 1. The van der Waals surface area contributed by atoms with Gasteiger partial charge in [-0.05, 0) is 25.0 Å². The molecule has 0 aromatic heterocycles. The summed E-state index contributed by atoms with van der Waals surface area (Å²) in [5.74, 6) is 0.824. The lowest BCUT2D eigenvalue weighted by atomic mass is 9.85. The van der Waals surface area contributed by atoms with E-state index < -0.39 is 0 Å². The molecule has 0 bridgehead atoms. The van der Waals surface area contributed by atoms with Crippen LogP contribution in [0.25, 0.3) is 0 Å². The summed E-state index contributed by atoms with van der Waals surface area (Å²) in [5, 5.41) is 7.58. The molecule has 2 amide bonds. The van der Waals surface area contributed by atoms with E-state index in [1.54, 1.807) is 7.11 Å². The van der Waals surface area contributed by atoms with Gasteiger partial charge in [0, 0.05) is 44.0 Å². The van der Waals surface area contributed by atoms with Crippen LogP contribution in [0.5, 0.6) is 5.75 Å². The molecule has 146 valence electrons. The molecule has 6 heteroatoms. The van der Waals surface area contributed by atoms with Gasteiger partial charge < -0.3 is 19.8 Å². The third kappa shape index (κ3) is 4.04.